The number of likely N-dealkylation sites (N-methyl/N-ethyl adjacent to an activating group) is 1. The molecule has 0 bridgehead atoms. The smallest absolute Gasteiger partial charge is 0.225 e. The number of hydrogen-bond donors (Lipinski definition) is 1. The number of para-hydroxylation sites is 1. The minimum Gasteiger partial charge on any atom is -0.369 e. The molecule has 2 N–H and O–H groups in total. The van der Waals surface area contributed by atoms with Gasteiger partial charge in [0.15, 0.2) is 5.78 Å². The lowest BCUT2D eigenvalue weighted by Gasteiger charge is -2.23. The lowest BCUT2D eigenvalue weighted by molar-refractivity contribution is -0.124. The number of carbonyl (C=O) groups is 2. The molecule has 0 aromatic heterocycles. The number of allylic oxidation sites excluding steroid dienone is 2. The predicted octanol–water partition coefficient (Wildman–Crippen LogP) is 1.74. The third kappa shape index (κ3) is 2.26. The number of carbonyl (C=O) groups excluding carboxylic acids is 2. The van der Waals surface area contributed by atoms with Crippen LogP contribution < -0.4 is 10.6 Å². The number of benzene rings is 1. The maximum absolute atomic E-state index is 11.8. The summed E-state index contributed by atoms with van der Waals surface area (Å²) in [5, 5.41) is 0. The van der Waals surface area contributed by atoms with E-state index in [0.29, 0.717) is 0 Å². The summed E-state index contributed by atoms with van der Waals surface area (Å²) in [6.45, 7) is 4.14. The van der Waals surface area contributed by atoms with E-state index in [2.05, 4.69) is 19.9 Å². The zero-order chi connectivity index (χ0) is 14.2. The maximum atomic E-state index is 11.8. The molecule has 0 radical (unpaired) electrons. The van der Waals surface area contributed by atoms with Crippen LogP contribution in [0.1, 0.15) is 25.8 Å². The summed E-state index contributed by atoms with van der Waals surface area (Å²) in [6.07, 6.45) is 1.29. The van der Waals surface area contributed by atoms with Crippen LogP contribution in [-0.2, 0) is 15.0 Å². The molecule has 1 aromatic carbocycles. The van der Waals surface area contributed by atoms with Gasteiger partial charge in [-0.15, -0.1) is 0 Å². The molecule has 0 saturated carbocycles. The molecule has 1 aliphatic rings. The van der Waals surface area contributed by atoms with Gasteiger partial charge in [-0.25, -0.2) is 0 Å². The zero-order valence-corrected chi connectivity index (χ0v) is 11.4. The molecule has 0 spiro atoms. The van der Waals surface area contributed by atoms with Crippen molar-refractivity contribution in [1.82, 2.24) is 0 Å². The molecule has 0 atom stereocenters. The van der Waals surface area contributed by atoms with Gasteiger partial charge in [0.05, 0.1) is 6.42 Å². The van der Waals surface area contributed by atoms with Crippen molar-refractivity contribution in [3.63, 3.8) is 0 Å². The van der Waals surface area contributed by atoms with Crippen LogP contribution in [0, 0.1) is 0 Å². The van der Waals surface area contributed by atoms with Crippen molar-refractivity contribution < 1.29 is 9.59 Å². The monoisotopic (exact) mass is 258 g/mol. The molecule has 19 heavy (non-hydrogen) atoms. The molecule has 100 valence electrons. The number of fused-ring (bicyclic) bond motifs is 1. The second kappa shape index (κ2) is 4.53. The van der Waals surface area contributed by atoms with Gasteiger partial charge >= 0.3 is 0 Å². The largest absolute Gasteiger partial charge is 0.369 e. The van der Waals surface area contributed by atoms with E-state index in [-0.39, 0.29) is 17.6 Å². The summed E-state index contributed by atoms with van der Waals surface area (Å²) in [5.41, 5.74) is 7.95. The van der Waals surface area contributed by atoms with Crippen LogP contribution in [0.25, 0.3) is 0 Å². The van der Waals surface area contributed by atoms with Crippen LogP contribution >= 0.6 is 0 Å². The van der Waals surface area contributed by atoms with E-state index in [1.54, 1.807) is 0 Å². The third-order valence-electron chi connectivity index (χ3n) is 3.59. The number of hydrogen-bond acceptors (Lipinski definition) is 3. The Balaban J connectivity index is 2.42. The van der Waals surface area contributed by atoms with Gasteiger partial charge in [0, 0.05) is 29.9 Å². The summed E-state index contributed by atoms with van der Waals surface area (Å²) in [6, 6.07) is 8.05. The van der Waals surface area contributed by atoms with E-state index in [1.807, 2.05) is 30.1 Å². The van der Waals surface area contributed by atoms with Crippen LogP contribution in [0.2, 0.25) is 0 Å². The van der Waals surface area contributed by atoms with Crippen molar-refractivity contribution in [3.05, 3.63) is 41.6 Å². The predicted molar refractivity (Wildman–Crippen MR) is 74.8 cm³/mol. The molecule has 0 fully saturated rings. The molecule has 2 rings (SSSR count). The van der Waals surface area contributed by atoms with Gasteiger partial charge in [-0.3, -0.25) is 9.59 Å². The number of amides is 1. The molecule has 0 unspecified atom stereocenters. The van der Waals surface area contributed by atoms with E-state index in [9.17, 15) is 9.59 Å². The highest BCUT2D eigenvalue weighted by atomic mass is 16.2. The van der Waals surface area contributed by atoms with Crippen molar-refractivity contribution in [1.29, 1.82) is 0 Å². The van der Waals surface area contributed by atoms with E-state index in [1.165, 1.54) is 11.6 Å². The van der Waals surface area contributed by atoms with Crippen LogP contribution in [-0.4, -0.2) is 18.7 Å². The summed E-state index contributed by atoms with van der Waals surface area (Å²) >= 11 is 0. The highest BCUT2D eigenvalue weighted by Gasteiger charge is 2.38. The topological polar surface area (TPSA) is 63.4 Å². The fourth-order valence-corrected chi connectivity index (χ4v) is 2.63. The first-order chi connectivity index (χ1) is 8.84. The second-order valence-electron chi connectivity index (χ2n) is 5.34. The molecule has 1 aromatic rings. The van der Waals surface area contributed by atoms with Gasteiger partial charge in [0.1, 0.15) is 0 Å². The second-order valence-corrected chi connectivity index (χ2v) is 5.34. The molecule has 4 nitrogen and oxygen atoms in total. The minimum atomic E-state index is -0.599. The summed E-state index contributed by atoms with van der Waals surface area (Å²) in [4.78, 5) is 24.6. The van der Waals surface area contributed by atoms with Crippen molar-refractivity contribution in [2.75, 3.05) is 11.9 Å². The first kappa shape index (κ1) is 13.3. The Labute approximate surface area is 112 Å². The van der Waals surface area contributed by atoms with Gasteiger partial charge in [0.2, 0.25) is 5.91 Å². The van der Waals surface area contributed by atoms with Gasteiger partial charge in [0.25, 0.3) is 0 Å². The standard InChI is InChI=1S/C15H18N2O2/c1-15(2)11-6-4-5-7-12(11)17(3)13(15)8-10(18)9-14(16)19/h4-8H,9H2,1-3H3,(H2,16,19). The normalized spacial score (nSPS) is 18.5. The molecule has 1 amide bonds. The molecule has 1 heterocycles. The van der Waals surface area contributed by atoms with Gasteiger partial charge < -0.3 is 10.6 Å². The number of nitrogens with zero attached hydrogens (tertiary/aromatic N) is 1. The third-order valence-corrected chi connectivity index (χ3v) is 3.59. The maximum Gasteiger partial charge on any atom is 0.225 e. The molecule has 4 heteroatoms. The number of primary amides is 1. The molecular formula is C15H18N2O2. The fraction of sp³-hybridized carbons (Fsp3) is 0.333. The molecular weight excluding hydrogens is 240 g/mol. The number of ketones is 1. The van der Waals surface area contributed by atoms with Gasteiger partial charge in [-0.2, -0.15) is 0 Å². The lowest BCUT2D eigenvalue weighted by atomic mass is 9.83. The Bertz CT molecular complexity index is 573. The van der Waals surface area contributed by atoms with E-state index >= 15 is 0 Å². The molecule has 1 aliphatic heterocycles. The Morgan fingerprint density at radius 3 is 2.53 bits per heavy atom. The Hall–Kier alpha value is -2.10. The average molecular weight is 258 g/mol. The Kier molecular flexibility index (Phi) is 3.18. The first-order valence-electron chi connectivity index (χ1n) is 6.20. The highest BCUT2D eigenvalue weighted by molar-refractivity contribution is 6.04. The quantitative estimate of drug-likeness (QED) is 0.663. The van der Waals surface area contributed by atoms with E-state index in [0.717, 1.165) is 11.4 Å². The fourth-order valence-electron chi connectivity index (χ4n) is 2.63. The Morgan fingerprint density at radius 1 is 1.32 bits per heavy atom. The van der Waals surface area contributed by atoms with E-state index < -0.39 is 5.91 Å². The SMILES string of the molecule is CN1C(=CC(=O)CC(N)=O)C(C)(C)c2ccccc21. The summed E-state index contributed by atoms with van der Waals surface area (Å²) < 4.78 is 0. The first-order valence-corrected chi connectivity index (χ1v) is 6.20. The minimum absolute atomic E-state index is 0.246. The highest BCUT2D eigenvalue weighted by Crippen LogP contribution is 2.46. The van der Waals surface area contributed by atoms with Gasteiger partial charge in [-0.05, 0) is 11.6 Å². The van der Waals surface area contributed by atoms with Crippen LogP contribution in [0.15, 0.2) is 36.0 Å². The van der Waals surface area contributed by atoms with Crippen LogP contribution in [0.4, 0.5) is 5.69 Å². The zero-order valence-electron chi connectivity index (χ0n) is 11.4. The van der Waals surface area contributed by atoms with E-state index in [4.69, 9.17) is 5.73 Å². The van der Waals surface area contributed by atoms with Crippen LogP contribution in [0.5, 0.6) is 0 Å². The van der Waals surface area contributed by atoms with Crippen molar-refractivity contribution in [2.45, 2.75) is 25.7 Å². The van der Waals surface area contributed by atoms with Gasteiger partial charge in [-0.1, -0.05) is 32.0 Å². The summed E-state index contributed by atoms with van der Waals surface area (Å²) in [5.74, 6) is -0.854. The number of anilines is 1. The number of rotatable bonds is 3. The molecule has 0 saturated heterocycles. The van der Waals surface area contributed by atoms with Crippen molar-refractivity contribution in [2.24, 2.45) is 5.73 Å². The molecule has 0 aliphatic carbocycles. The number of nitrogens with two attached hydrogens (primary N) is 1. The average Bonchev–Trinajstić information content (AvgIpc) is 2.51. The summed E-state index contributed by atoms with van der Waals surface area (Å²) in [7, 11) is 1.93. The Morgan fingerprint density at radius 2 is 1.95 bits per heavy atom. The van der Waals surface area contributed by atoms with Crippen LogP contribution in [0.3, 0.4) is 0 Å². The van der Waals surface area contributed by atoms with Crippen molar-refractivity contribution >= 4 is 17.4 Å². The lowest BCUT2D eigenvalue weighted by Crippen LogP contribution is -2.25. The van der Waals surface area contributed by atoms with Crippen molar-refractivity contribution in [3.8, 4) is 0 Å².